The molecule has 0 saturated heterocycles. The first-order chi connectivity index (χ1) is 14.7. The first-order valence-electron chi connectivity index (χ1n) is 9.95. The Balaban J connectivity index is 1.68. The van der Waals surface area contributed by atoms with Crippen LogP contribution in [0.3, 0.4) is 0 Å². The normalized spacial score (nSPS) is 16.0. The quantitative estimate of drug-likeness (QED) is 0.605. The number of halogens is 3. The van der Waals surface area contributed by atoms with Gasteiger partial charge in [0.15, 0.2) is 5.82 Å². The zero-order chi connectivity index (χ0) is 22.2. The van der Waals surface area contributed by atoms with E-state index in [1.54, 1.807) is 11.4 Å². The molecule has 4 rings (SSSR count). The van der Waals surface area contributed by atoms with Gasteiger partial charge in [0.2, 0.25) is 5.91 Å². The van der Waals surface area contributed by atoms with E-state index in [4.69, 9.17) is 5.73 Å². The standard InChI is InChI=1S/C20H21F3N6OS/c1-11-26-27-28-29(11)17-7-6-13(9-15(17)20(21,22)23)16-10-31-19(25-16)14(18(24)30)8-12-4-2-3-5-12/h6-7,9-10,12,14H,2-5,8H2,1H3,(H2,24,30). The molecule has 1 aliphatic carbocycles. The van der Waals surface area contributed by atoms with Crippen LogP contribution in [0.1, 0.15) is 54.4 Å². The molecule has 1 unspecified atom stereocenters. The number of aryl methyl sites for hydroxylation is 1. The van der Waals surface area contributed by atoms with Gasteiger partial charge in [-0.1, -0.05) is 31.7 Å². The molecule has 1 aromatic carbocycles. The summed E-state index contributed by atoms with van der Waals surface area (Å²) in [6.07, 6.45) is 0.442. The molecular weight excluding hydrogens is 429 g/mol. The van der Waals surface area contributed by atoms with Crippen LogP contribution in [0.15, 0.2) is 23.6 Å². The summed E-state index contributed by atoms with van der Waals surface area (Å²) in [5.41, 5.74) is 5.27. The monoisotopic (exact) mass is 450 g/mol. The number of nitrogens with zero attached hydrogens (tertiary/aromatic N) is 5. The number of primary amides is 1. The highest BCUT2D eigenvalue weighted by molar-refractivity contribution is 7.10. The molecule has 0 spiro atoms. The van der Waals surface area contributed by atoms with E-state index in [9.17, 15) is 18.0 Å². The maximum absolute atomic E-state index is 13.8. The summed E-state index contributed by atoms with van der Waals surface area (Å²) in [6.45, 7) is 1.52. The number of carbonyl (C=O) groups is 1. The Morgan fingerprint density at radius 2 is 2.06 bits per heavy atom. The molecule has 1 fully saturated rings. The van der Waals surface area contributed by atoms with E-state index >= 15 is 0 Å². The van der Waals surface area contributed by atoms with Gasteiger partial charge in [0.05, 0.1) is 22.9 Å². The molecule has 2 heterocycles. The van der Waals surface area contributed by atoms with Crippen LogP contribution in [-0.2, 0) is 11.0 Å². The van der Waals surface area contributed by atoms with Crippen LogP contribution in [0.2, 0.25) is 0 Å². The summed E-state index contributed by atoms with van der Waals surface area (Å²) in [7, 11) is 0. The number of thiazole rings is 1. The van der Waals surface area contributed by atoms with Gasteiger partial charge in [-0.2, -0.15) is 17.9 Å². The SMILES string of the molecule is Cc1nnnn1-c1ccc(-c2csc(C(CC3CCCC3)C(N)=O)n2)cc1C(F)(F)F. The van der Waals surface area contributed by atoms with Crippen LogP contribution in [0, 0.1) is 12.8 Å². The molecule has 0 radical (unpaired) electrons. The third kappa shape index (κ3) is 4.46. The van der Waals surface area contributed by atoms with Crippen molar-refractivity contribution in [2.45, 2.75) is 51.1 Å². The highest BCUT2D eigenvalue weighted by atomic mass is 32.1. The van der Waals surface area contributed by atoms with Gasteiger partial charge in [-0.15, -0.1) is 16.4 Å². The van der Waals surface area contributed by atoms with Crippen molar-refractivity contribution in [1.82, 2.24) is 25.2 Å². The summed E-state index contributed by atoms with van der Waals surface area (Å²) >= 11 is 1.25. The van der Waals surface area contributed by atoms with Crippen molar-refractivity contribution in [3.63, 3.8) is 0 Å². The number of aromatic nitrogens is 5. The van der Waals surface area contributed by atoms with Crippen molar-refractivity contribution in [2.75, 3.05) is 0 Å². The minimum Gasteiger partial charge on any atom is -0.369 e. The second kappa shape index (κ2) is 8.37. The fourth-order valence-corrected chi connectivity index (χ4v) is 5.01. The molecular formula is C20H21F3N6OS. The first-order valence-corrected chi connectivity index (χ1v) is 10.8. The summed E-state index contributed by atoms with van der Waals surface area (Å²) < 4.78 is 42.4. The number of rotatable bonds is 6. The van der Waals surface area contributed by atoms with Crippen LogP contribution in [0.5, 0.6) is 0 Å². The molecule has 31 heavy (non-hydrogen) atoms. The number of alkyl halides is 3. The van der Waals surface area contributed by atoms with E-state index in [1.165, 1.54) is 24.3 Å². The van der Waals surface area contributed by atoms with Gasteiger partial charge in [0.25, 0.3) is 0 Å². The van der Waals surface area contributed by atoms with Crippen LogP contribution >= 0.6 is 11.3 Å². The van der Waals surface area contributed by atoms with E-state index in [-0.39, 0.29) is 11.5 Å². The Labute approximate surface area is 180 Å². The highest BCUT2D eigenvalue weighted by Gasteiger charge is 2.35. The van der Waals surface area contributed by atoms with Gasteiger partial charge in [0.1, 0.15) is 5.01 Å². The number of hydrogen-bond donors (Lipinski definition) is 1. The number of amides is 1. The van der Waals surface area contributed by atoms with Gasteiger partial charge in [-0.25, -0.2) is 4.98 Å². The summed E-state index contributed by atoms with van der Waals surface area (Å²) in [5.74, 6) is -0.300. The fraction of sp³-hybridized carbons (Fsp3) is 0.450. The lowest BCUT2D eigenvalue weighted by Crippen LogP contribution is -2.23. The number of tetrazole rings is 1. The average molecular weight is 450 g/mol. The molecule has 1 amide bonds. The maximum atomic E-state index is 13.8. The molecule has 1 aliphatic rings. The van der Waals surface area contributed by atoms with E-state index in [0.717, 1.165) is 36.4 Å². The molecule has 3 aromatic rings. The Morgan fingerprint density at radius 1 is 1.32 bits per heavy atom. The Hall–Kier alpha value is -2.82. The average Bonchev–Trinajstić information content (AvgIpc) is 3.47. The smallest absolute Gasteiger partial charge is 0.369 e. The lowest BCUT2D eigenvalue weighted by molar-refractivity contribution is -0.137. The molecule has 1 saturated carbocycles. The minimum atomic E-state index is -4.61. The molecule has 1 atom stereocenters. The fourth-order valence-electron chi connectivity index (χ4n) is 4.06. The largest absolute Gasteiger partial charge is 0.418 e. The second-order valence-electron chi connectivity index (χ2n) is 7.78. The molecule has 2 aromatic heterocycles. The van der Waals surface area contributed by atoms with Gasteiger partial charge in [0, 0.05) is 10.9 Å². The lowest BCUT2D eigenvalue weighted by atomic mass is 9.93. The van der Waals surface area contributed by atoms with Crippen LogP contribution in [0.25, 0.3) is 16.9 Å². The van der Waals surface area contributed by atoms with Gasteiger partial charge >= 0.3 is 6.18 Å². The lowest BCUT2D eigenvalue weighted by Gasteiger charge is -2.15. The van der Waals surface area contributed by atoms with Crippen molar-refractivity contribution < 1.29 is 18.0 Å². The van der Waals surface area contributed by atoms with Gasteiger partial charge < -0.3 is 5.73 Å². The number of hydrogen-bond acceptors (Lipinski definition) is 6. The zero-order valence-corrected chi connectivity index (χ0v) is 17.6. The molecule has 2 N–H and O–H groups in total. The van der Waals surface area contributed by atoms with E-state index < -0.39 is 23.6 Å². The van der Waals surface area contributed by atoms with Crippen LogP contribution in [0.4, 0.5) is 13.2 Å². The summed E-state index contributed by atoms with van der Waals surface area (Å²) in [4.78, 5) is 16.5. The van der Waals surface area contributed by atoms with Crippen molar-refractivity contribution in [3.8, 4) is 16.9 Å². The van der Waals surface area contributed by atoms with Crippen molar-refractivity contribution >= 4 is 17.2 Å². The minimum absolute atomic E-state index is 0.162. The van der Waals surface area contributed by atoms with Crippen LogP contribution in [-0.4, -0.2) is 31.1 Å². The Kier molecular flexibility index (Phi) is 5.78. The Morgan fingerprint density at radius 3 is 2.68 bits per heavy atom. The van der Waals surface area contributed by atoms with E-state index in [0.29, 0.717) is 28.6 Å². The highest BCUT2D eigenvalue weighted by Crippen LogP contribution is 2.39. The first kappa shape index (κ1) is 21.4. The second-order valence-corrected chi connectivity index (χ2v) is 8.67. The predicted octanol–water partition coefficient (Wildman–Crippen LogP) is 4.26. The third-order valence-corrected chi connectivity index (χ3v) is 6.62. The molecule has 0 bridgehead atoms. The molecule has 0 aliphatic heterocycles. The molecule has 164 valence electrons. The number of nitrogens with two attached hydrogens (primary N) is 1. The third-order valence-electron chi connectivity index (χ3n) is 5.66. The van der Waals surface area contributed by atoms with Gasteiger partial charge in [-0.05, 0) is 41.8 Å². The summed E-state index contributed by atoms with van der Waals surface area (Å²) in [5, 5.41) is 12.9. The van der Waals surface area contributed by atoms with E-state index in [2.05, 4.69) is 20.5 Å². The number of benzene rings is 1. The van der Waals surface area contributed by atoms with Gasteiger partial charge in [-0.3, -0.25) is 4.79 Å². The topological polar surface area (TPSA) is 99.6 Å². The van der Waals surface area contributed by atoms with E-state index in [1.807, 2.05) is 0 Å². The number of carbonyl (C=O) groups excluding carboxylic acids is 1. The van der Waals surface area contributed by atoms with Crippen LogP contribution < -0.4 is 5.73 Å². The maximum Gasteiger partial charge on any atom is 0.418 e. The molecule has 7 nitrogen and oxygen atoms in total. The van der Waals surface area contributed by atoms with Crippen molar-refractivity contribution in [3.05, 3.63) is 40.0 Å². The van der Waals surface area contributed by atoms with Crippen molar-refractivity contribution in [1.29, 1.82) is 0 Å². The zero-order valence-electron chi connectivity index (χ0n) is 16.8. The Bertz CT molecular complexity index is 1090. The predicted molar refractivity (Wildman–Crippen MR) is 109 cm³/mol. The molecule has 11 heteroatoms. The summed E-state index contributed by atoms with van der Waals surface area (Å²) in [6, 6.07) is 3.90. The van der Waals surface area contributed by atoms with Crippen molar-refractivity contribution in [2.24, 2.45) is 11.7 Å².